The van der Waals surface area contributed by atoms with E-state index < -0.39 is 0 Å². The molecule has 1 aliphatic rings. The summed E-state index contributed by atoms with van der Waals surface area (Å²) < 4.78 is 12.9. The number of piperazine rings is 1. The first-order chi connectivity index (χ1) is 8.75. The van der Waals surface area contributed by atoms with E-state index in [0.29, 0.717) is 12.2 Å². The Kier molecular flexibility index (Phi) is 5.01. The maximum Gasteiger partial charge on any atom is 0.223 e. The first kappa shape index (κ1) is 13.4. The molecule has 2 rings (SSSR count). The van der Waals surface area contributed by atoms with Crippen molar-refractivity contribution in [3.8, 4) is 0 Å². The van der Waals surface area contributed by atoms with E-state index in [0.717, 1.165) is 31.1 Å². The topological polar surface area (TPSA) is 32.3 Å². The molecule has 1 saturated heterocycles. The second-order valence-electron chi connectivity index (χ2n) is 4.19. The van der Waals surface area contributed by atoms with Gasteiger partial charge in [-0.1, -0.05) is 6.07 Å². The molecule has 1 aromatic rings. The number of carbonyl (C=O) groups is 1. The van der Waals surface area contributed by atoms with Crippen molar-refractivity contribution in [2.45, 2.75) is 11.3 Å². The molecule has 3 nitrogen and oxygen atoms in total. The number of hydrogen-bond acceptors (Lipinski definition) is 3. The molecule has 1 aromatic carbocycles. The zero-order valence-electron chi connectivity index (χ0n) is 10.2. The third-order valence-electron chi connectivity index (χ3n) is 2.85. The molecule has 0 atom stereocenters. The van der Waals surface area contributed by atoms with Gasteiger partial charge in [-0.25, -0.2) is 4.39 Å². The molecule has 1 heterocycles. The summed E-state index contributed by atoms with van der Waals surface area (Å²) in [5, 5.41) is 3.22. The average Bonchev–Trinajstić information content (AvgIpc) is 2.40. The summed E-state index contributed by atoms with van der Waals surface area (Å²) >= 11 is 1.52. The van der Waals surface area contributed by atoms with Gasteiger partial charge >= 0.3 is 0 Å². The minimum absolute atomic E-state index is 0.195. The highest BCUT2D eigenvalue weighted by Gasteiger charge is 2.15. The lowest BCUT2D eigenvalue weighted by atomic mass is 10.3. The van der Waals surface area contributed by atoms with Crippen molar-refractivity contribution >= 4 is 17.7 Å². The van der Waals surface area contributed by atoms with Crippen LogP contribution < -0.4 is 5.32 Å². The summed E-state index contributed by atoms with van der Waals surface area (Å²) in [5.41, 5.74) is 0. The third kappa shape index (κ3) is 3.99. The van der Waals surface area contributed by atoms with Gasteiger partial charge in [0.2, 0.25) is 5.91 Å². The highest BCUT2D eigenvalue weighted by atomic mass is 32.2. The minimum atomic E-state index is -0.228. The van der Waals surface area contributed by atoms with Crippen LogP contribution in [0.2, 0.25) is 0 Å². The lowest BCUT2D eigenvalue weighted by Gasteiger charge is -2.27. The van der Waals surface area contributed by atoms with Gasteiger partial charge in [0.1, 0.15) is 5.82 Å². The van der Waals surface area contributed by atoms with Crippen LogP contribution in [0.5, 0.6) is 0 Å². The molecule has 0 unspecified atom stereocenters. The number of thioether (sulfide) groups is 1. The van der Waals surface area contributed by atoms with Crippen LogP contribution in [0.1, 0.15) is 6.42 Å². The Labute approximate surface area is 111 Å². The molecule has 1 fully saturated rings. The van der Waals surface area contributed by atoms with Crippen molar-refractivity contribution in [1.29, 1.82) is 0 Å². The number of benzene rings is 1. The fourth-order valence-electron chi connectivity index (χ4n) is 1.89. The van der Waals surface area contributed by atoms with Crippen molar-refractivity contribution in [1.82, 2.24) is 10.2 Å². The third-order valence-corrected chi connectivity index (χ3v) is 3.85. The van der Waals surface area contributed by atoms with Gasteiger partial charge in [0.15, 0.2) is 0 Å². The molecule has 5 heteroatoms. The smallest absolute Gasteiger partial charge is 0.223 e. The van der Waals surface area contributed by atoms with E-state index in [-0.39, 0.29) is 11.7 Å². The second-order valence-corrected chi connectivity index (χ2v) is 5.35. The lowest BCUT2D eigenvalue weighted by molar-refractivity contribution is -0.131. The van der Waals surface area contributed by atoms with Crippen LogP contribution in [0, 0.1) is 5.82 Å². The molecule has 18 heavy (non-hydrogen) atoms. The van der Waals surface area contributed by atoms with Crippen molar-refractivity contribution in [2.75, 3.05) is 31.9 Å². The number of carbonyl (C=O) groups excluding carboxylic acids is 1. The van der Waals surface area contributed by atoms with E-state index in [9.17, 15) is 9.18 Å². The summed E-state index contributed by atoms with van der Waals surface area (Å²) in [6, 6.07) is 6.48. The SMILES string of the molecule is O=C(CCSc1cccc(F)c1)N1CCNCC1. The van der Waals surface area contributed by atoms with Crippen molar-refractivity contribution in [2.24, 2.45) is 0 Å². The number of hydrogen-bond donors (Lipinski definition) is 1. The van der Waals surface area contributed by atoms with E-state index in [1.54, 1.807) is 6.07 Å². The maximum absolute atomic E-state index is 12.9. The van der Waals surface area contributed by atoms with Gasteiger partial charge in [0, 0.05) is 43.2 Å². The second kappa shape index (κ2) is 6.75. The Morgan fingerprint density at radius 1 is 1.39 bits per heavy atom. The maximum atomic E-state index is 12.9. The van der Waals surface area contributed by atoms with E-state index in [2.05, 4.69) is 5.32 Å². The number of nitrogens with one attached hydrogen (secondary N) is 1. The van der Waals surface area contributed by atoms with Gasteiger partial charge < -0.3 is 10.2 Å². The Hall–Kier alpha value is -1.07. The Morgan fingerprint density at radius 2 is 2.17 bits per heavy atom. The van der Waals surface area contributed by atoms with Gasteiger partial charge in [0.25, 0.3) is 0 Å². The van der Waals surface area contributed by atoms with Crippen molar-refractivity contribution in [3.63, 3.8) is 0 Å². The fraction of sp³-hybridized carbons (Fsp3) is 0.462. The summed E-state index contributed by atoms with van der Waals surface area (Å²) in [4.78, 5) is 14.6. The van der Waals surface area contributed by atoms with Crippen LogP contribution in [-0.2, 0) is 4.79 Å². The molecule has 1 aliphatic heterocycles. The van der Waals surface area contributed by atoms with Gasteiger partial charge in [-0.15, -0.1) is 11.8 Å². The first-order valence-electron chi connectivity index (χ1n) is 6.12. The van der Waals surface area contributed by atoms with Gasteiger partial charge in [-0.05, 0) is 18.2 Å². The van der Waals surface area contributed by atoms with Crippen LogP contribution in [-0.4, -0.2) is 42.7 Å². The van der Waals surface area contributed by atoms with Crippen molar-refractivity contribution in [3.05, 3.63) is 30.1 Å². The van der Waals surface area contributed by atoms with E-state index in [1.165, 1.54) is 23.9 Å². The summed E-state index contributed by atoms with van der Waals surface area (Å²) in [6.07, 6.45) is 0.515. The molecule has 0 radical (unpaired) electrons. The molecule has 0 aromatic heterocycles. The largest absolute Gasteiger partial charge is 0.340 e. The van der Waals surface area contributed by atoms with Gasteiger partial charge in [0.05, 0.1) is 0 Å². The monoisotopic (exact) mass is 268 g/mol. The molecular formula is C13H17FN2OS. The number of amides is 1. The van der Waals surface area contributed by atoms with Crippen LogP contribution in [0.4, 0.5) is 4.39 Å². The summed E-state index contributed by atoms with van der Waals surface area (Å²) in [5.74, 6) is 0.667. The standard InChI is InChI=1S/C13H17FN2OS/c14-11-2-1-3-12(10-11)18-9-4-13(17)16-7-5-15-6-8-16/h1-3,10,15H,4-9H2. The normalized spacial score (nSPS) is 15.7. The van der Waals surface area contributed by atoms with Crippen molar-refractivity contribution < 1.29 is 9.18 Å². The number of rotatable bonds is 4. The van der Waals surface area contributed by atoms with Crippen LogP contribution in [0.15, 0.2) is 29.2 Å². The molecule has 1 N–H and O–H groups in total. The fourth-order valence-corrected chi connectivity index (χ4v) is 2.77. The zero-order chi connectivity index (χ0) is 12.8. The predicted octanol–water partition coefficient (Wildman–Crippen LogP) is 1.74. The summed E-state index contributed by atoms with van der Waals surface area (Å²) in [6.45, 7) is 3.35. The van der Waals surface area contributed by atoms with Crippen LogP contribution in [0.3, 0.4) is 0 Å². The molecule has 98 valence electrons. The molecule has 1 amide bonds. The summed E-state index contributed by atoms with van der Waals surface area (Å²) in [7, 11) is 0. The molecule has 0 aliphatic carbocycles. The van der Waals surface area contributed by atoms with Crippen LogP contribution >= 0.6 is 11.8 Å². The predicted molar refractivity (Wildman–Crippen MR) is 71.2 cm³/mol. The van der Waals surface area contributed by atoms with Gasteiger partial charge in [-0.2, -0.15) is 0 Å². The highest BCUT2D eigenvalue weighted by molar-refractivity contribution is 7.99. The first-order valence-corrected chi connectivity index (χ1v) is 7.11. The van der Waals surface area contributed by atoms with E-state index >= 15 is 0 Å². The Bertz CT molecular complexity index is 408. The van der Waals surface area contributed by atoms with E-state index in [1.807, 2.05) is 11.0 Å². The number of nitrogens with zero attached hydrogens (tertiary/aromatic N) is 1. The van der Waals surface area contributed by atoms with E-state index in [4.69, 9.17) is 0 Å². The molecule has 0 spiro atoms. The zero-order valence-corrected chi connectivity index (χ0v) is 11.0. The highest BCUT2D eigenvalue weighted by Crippen LogP contribution is 2.19. The molecular weight excluding hydrogens is 251 g/mol. The Balaban J connectivity index is 1.73. The van der Waals surface area contributed by atoms with Crippen LogP contribution in [0.25, 0.3) is 0 Å². The molecule has 0 saturated carbocycles. The number of halogens is 1. The molecule has 0 bridgehead atoms. The lowest BCUT2D eigenvalue weighted by Crippen LogP contribution is -2.46. The van der Waals surface area contributed by atoms with Gasteiger partial charge in [-0.3, -0.25) is 4.79 Å². The Morgan fingerprint density at radius 3 is 2.89 bits per heavy atom. The minimum Gasteiger partial charge on any atom is -0.340 e. The average molecular weight is 268 g/mol. The quantitative estimate of drug-likeness (QED) is 0.844.